The SMILES string of the molecule is CNc1cc(N[C@H](CO)C(C)C)nc(C)n1. The van der Waals surface area contributed by atoms with Crippen LogP contribution in [-0.4, -0.2) is 34.8 Å². The molecule has 0 amide bonds. The van der Waals surface area contributed by atoms with Gasteiger partial charge in [0.05, 0.1) is 12.6 Å². The van der Waals surface area contributed by atoms with Crippen molar-refractivity contribution in [2.24, 2.45) is 5.92 Å². The summed E-state index contributed by atoms with van der Waals surface area (Å²) in [6, 6.07) is 1.84. The summed E-state index contributed by atoms with van der Waals surface area (Å²) in [5.74, 6) is 2.56. The van der Waals surface area contributed by atoms with Crippen molar-refractivity contribution in [3.05, 3.63) is 11.9 Å². The van der Waals surface area contributed by atoms with Gasteiger partial charge in [-0.05, 0) is 12.8 Å². The molecule has 5 nitrogen and oxygen atoms in total. The number of aryl methyl sites for hydroxylation is 1. The van der Waals surface area contributed by atoms with Crippen molar-refractivity contribution in [1.82, 2.24) is 9.97 Å². The summed E-state index contributed by atoms with van der Waals surface area (Å²) in [5, 5.41) is 15.4. The summed E-state index contributed by atoms with van der Waals surface area (Å²) in [6.45, 7) is 6.05. The average molecular weight is 224 g/mol. The predicted molar refractivity (Wildman–Crippen MR) is 65.7 cm³/mol. The molecule has 0 aliphatic carbocycles. The lowest BCUT2D eigenvalue weighted by Gasteiger charge is -2.20. The third-order valence-electron chi connectivity index (χ3n) is 2.43. The van der Waals surface area contributed by atoms with E-state index in [9.17, 15) is 5.11 Å². The number of aromatic nitrogens is 2. The second kappa shape index (κ2) is 5.65. The van der Waals surface area contributed by atoms with Crippen molar-refractivity contribution in [2.45, 2.75) is 26.8 Å². The fourth-order valence-electron chi connectivity index (χ4n) is 1.38. The van der Waals surface area contributed by atoms with Crippen molar-refractivity contribution in [1.29, 1.82) is 0 Å². The van der Waals surface area contributed by atoms with E-state index in [0.717, 1.165) is 11.6 Å². The van der Waals surface area contributed by atoms with Gasteiger partial charge in [0.25, 0.3) is 0 Å². The molecule has 0 aromatic carbocycles. The Hall–Kier alpha value is -1.36. The first-order valence-corrected chi connectivity index (χ1v) is 5.47. The number of nitrogens with zero attached hydrogens (tertiary/aromatic N) is 2. The lowest BCUT2D eigenvalue weighted by atomic mass is 10.1. The maximum Gasteiger partial charge on any atom is 0.132 e. The Kier molecular flexibility index (Phi) is 4.49. The molecule has 0 unspecified atom stereocenters. The average Bonchev–Trinajstić information content (AvgIpc) is 2.24. The van der Waals surface area contributed by atoms with Gasteiger partial charge >= 0.3 is 0 Å². The summed E-state index contributed by atoms with van der Waals surface area (Å²) in [6.07, 6.45) is 0. The Morgan fingerprint density at radius 1 is 1.31 bits per heavy atom. The van der Waals surface area contributed by atoms with Crippen LogP contribution in [0.2, 0.25) is 0 Å². The first kappa shape index (κ1) is 12.7. The van der Waals surface area contributed by atoms with E-state index in [0.29, 0.717) is 11.7 Å². The minimum Gasteiger partial charge on any atom is -0.394 e. The normalized spacial score (nSPS) is 12.6. The molecule has 1 atom stereocenters. The summed E-state index contributed by atoms with van der Waals surface area (Å²) >= 11 is 0. The quantitative estimate of drug-likeness (QED) is 0.702. The Morgan fingerprint density at radius 2 is 1.94 bits per heavy atom. The van der Waals surface area contributed by atoms with Crippen LogP contribution in [0.1, 0.15) is 19.7 Å². The van der Waals surface area contributed by atoms with E-state index >= 15 is 0 Å². The molecule has 0 bridgehead atoms. The number of hydrogen-bond acceptors (Lipinski definition) is 5. The Morgan fingerprint density at radius 3 is 2.44 bits per heavy atom. The fourth-order valence-corrected chi connectivity index (χ4v) is 1.38. The third-order valence-corrected chi connectivity index (χ3v) is 2.43. The molecule has 0 saturated carbocycles. The molecule has 0 fully saturated rings. The number of hydrogen-bond donors (Lipinski definition) is 3. The van der Waals surface area contributed by atoms with Crippen LogP contribution in [-0.2, 0) is 0 Å². The molecular weight excluding hydrogens is 204 g/mol. The van der Waals surface area contributed by atoms with Crippen LogP contribution in [0.3, 0.4) is 0 Å². The summed E-state index contributed by atoms with van der Waals surface area (Å²) < 4.78 is 0. The highest BCUT2D eigenvalue weighted by Crippen LogP contribution is 2.14. The van der Waals surface area contributed by atoms with E-state index in [-0.39, 0.29) is 12.6 Å². The second-order valence-electron chi connectivity index (χ2n) is 4.11. The zero-order valence-electron chi connectivity index (χ0n) is 10.3. The molecule has 1 aromatic rings. The van der Waals surface area contributed by atoms with E-state index in [1.54, 1.807) is 0 Å². The molecule has 1 aromatic heterocycles. The molecule has 16 heavy (non-hydrogen) atoms. The number of aliphatic hydroxyl groups is 1. The van der Waals surface area contributed by atoms with Gasteiger partial charge in [0, 0.05) is 13.1 Å². The van der Waals surface area contributed by atoms with Gasteiger partial charge in [0.15, 0.2) is 0 Å². The lowest BCUT2D eigenvalue weighted by molar-refractivity contribution is 0.249. The van der Waals surface area contributed by atoms with Gasteiger partial charge in [0.2, 0.25) is 0 Å². The third kappa shape index (κ3) is 3.34. The minimum absolute atomic E-state index is 0.0130. The van der Waals surface area contributed by atoms with Crippen LogP contribution in [0, 0.1) is 12.8 Å². The molecular formula is C11H20N4O. The molecule has 0 aliphatic heterocycles. The molecule has 1 heterocycles. The van der Waals surface area contributed by atoms with Gasteiger partial charge in [-0.15, -0.1) is 0 Å². The van der Waals surface area contributed by atoms with Gasteiger partial charge in [-0.25, -0.2) is 9.97 Å². The number of aliphatic hydroxyl groups excluding tert-OH is 1. The monoisotopic (exact) mass is 224 g/mol. The van der Waals surface area contributed by atoms with Crippen molar-refractivity contribution in [3.8, 4) is 0 Å². The van der Waals surface area contributed by atoms with Crippen LogP contribution in [0.4, 0.5) is 11.6 Å². The maximum atomic E-state index is 9.23. The van der Waals surface area contributed by atoms with Crippen molar-refractivity contribution < 1.29 is 5.11 Å². The highest BCUT2D eigenvalue weighted by Gasteiger charge is 2.12. The maximum absolute atomic E-state index is 9.23. The molecule has 0 saturated heterocycles. The van der Waals surface area contributed by atoms with Gasteiger partial charge < -0.3 is 15.7 Å². The predicted octanol–water partition coefficient (Wildman–Crippen LogP) is 1.26. The van der Waals surface area contributed by atoms with E-state index < -0.39 is 0 Å². The number of nitrogens with one attached hydrogen (secondary N) is 2. The van der Waals surface area contributed by atoms with Crippen molar-refractivity contribution in [2.75, 3.05) is 24.3 Å². The Labute approximate surface area is 96.3 Å². The van der Waals surface area contributed by atoms with Crippen LogP contribution < -0.4 is 10.6 Å². The number of anilines is 2. The molecule has 90 valence electrons. The molecule has 3 N–H and O–H groups in total. The van der Waals surface area contributed by atoms with Crippen molar-refractivity contribution >= 4 is 11.6 Å². The van der Waals surface area contributed by atoms with E-state index in [2.05, 4.69) is 34.4 Å². The molecule has 0 radical (unpaired) electrons. The zero-order chi connectivity index (χ0) is 12.1. The molecule has 1 rings (SSSR count). The number of rotatable bonds is 5. The van der Waals surface area contributed by atoms with Crippen LogP contribution in [0.25, 0.3) is 0 Å². The van der Waals surface area contributed by atoms with E-state index in [1.165, 1.54) is 0 Å². The lowest BCUT2D eigenvalue weighted by Crippen LogP contribution is -2.30. The highest BCUT2D eigenvalue weighted by atomic mass is 16.3. The van der Waals surface area contributed by atoms with Gasteiger partial charge in [-0.2, -0.15) is 0 Å². The second-order valence-corrected chi connectivity index (χ2v) is 4.11. The highest BCUT2D eigenvalue weighted by molar-refractivity contribution is 5.47. The smallest absolute Gasteiger partial charge is 0.132 e. The topological polar surface area (TPSA) is 70.1 Å². The fraction of sp³-hybridized carbons (Fsp3) is 0.636. The van der Waals surface area contributed by atoms with Crippen molar-refractivity contribution in [3.63, 3.8) is 0 Å². The van der Waals surface area contributed by atoms with Crippen LogP contribution in [0.15, 0.2) is 6.07 Å². The largest absolute Gasteiger partial charge is 0.394 e. The Bertz CT molecular complexity index is 341. The molecule has 0 spiro atoms. The first-order chi connectivity index (χ1) is 7.56. The zero-order valence-corrected chi connectivity index (χ0v) is 10.3. The summed E-state index contributed by atoms with van der Waals surface area (Å²) in [5.41, 5.74) is 0. The first-order valence-electron chi connectivity index (χ1n) is 5.47. The Balaban J connectivity index is 2.83. The van der Waals surface area contributed by atoms with Gasteiger partial charge in [0.1, 0.15) is 17.5 Å². The van der Waals surface area contributed by atoms with Gasteiger partial charge in [-0.3, -0.25) is 0 Å². The van der Waals surface area contributed by atoms with Gasteiger partial charge in [-0.1, -0.05) is 13.8 Å². The van der Waals surface area contributed by atoms with Crippen LogP contribution in [0.5, 0.6) is 0 Å². The standard InChI is InChI=1S/C11H20N4O/c1-7(2)9(6-16)15-11-5-10(12-4)13-8(3)14-11/h5,7,9,16H,6H2,1-4H3,(H2,12,13,14,15)/t9-/m1/s1. The van der Waals surface area contributed by atoms with E-state index in [1.807, 2.05) is 20.0 Å². The van der Waals surface area contributed by atoms with Crippen LogP contribution >= 0.6 is 0 Å². The molecule has 0 aliphatic rings. The summed E-state index contributed by atoms with van der Waals surface area (Å²) in [7, 11) is 1.82. The van der Waals surface area contributed by atoms with E-state index in [4.69, 9.17) is 0 Å². The summed E-state index contributed by atoms with van der Waals surface area (Å²) in [4.78, 5) is 8.48. The molecule has 5 heteroatoms. The minimum atomic E-state index is 0.0130.